The number of nitrogens with zero attached hydrogens (tertiary/aromatic N) is 1. The summed E-state index contributed by atoms with van der Waals surface area (Å²) < 4.78 is 5.46. The fourth-order valence-corrected chi connectivity index (χ4v) is 2.77. The van der Waals surface area contributed by atoms with Gasteiger partial charge < -0.3 is 9.84 Å². The first-order valence-corrected chi connectivity index (χ1v) is 6.86. The molecule has 3 unspecified atom stereocenters. The minimum atomic E-state index is -0.730. The van der Waals surface area contributed by atoms with Crippen LogP contribution < -0.4 is 4.74 Å². The van der Waals surface area contributed by atoms with Crippen LogP contribution in [0.3, 0.4) is 0 Å². The van der Waals surface area contributed by atoms with E-state index in [1.807, 2.05) is 13.0 Å². The van der Waals surface area contributed by atoms with E-state index in [0.29, 0.717) is 18.4 Å². The van der Waals surface area contributed by atoms with E-state index in [4.69, 9.17) is 4.74 Å². The van der Waals surface area contributed by atoms with Crippen molar-refractivity contribution in [3.05, 3.63) is 24.0 Å². The van der Waals surface area contributed by atoms with E-state index in [9.17, 15) is 5.11 Å². The Morgan fingerprint density at radius 2 is 2.17 bits per heavy atom. The summed E-state index contributed by atoms with van der Waals surface area (Å²) in [6.07, 6.45) is 6.16. The van der Waals surface area contributed by atoms with Gasteiger partial charge in [0.15, 0.2) is 0 Å². The molecule has 0 radical (unpaired) electrons. The van der Waals surface area contributed by atoms with Gasteiger partial charge in [0.25, 0.3) is 0 Å². The maximum absolute atomic E-state index is 10.8. The van der Waals surface area contributed by atoms with Gasteiger partial charge in [0.05, 0.1) is 18.4 Å². The Morgan fingerprint density at radius 1 is 1.39 bits per heavy atom. The number of aliphatic hydroxyl groups is 1. The first kappa shape index (κ1) is 13.3. The molecule has 3 atom stereocenters. The van der Waals surface area contributed by atoms with Gasteiger partial charge in [0.1, 0.15) is 5.75 Å². The molecule has 3 nitrogen and oxygen atoms in total. The molecule has 0 aliphatic heterocycles. The zero-order valence-corrected chi connectivity index (χ0v) is 11.5. The van der Waals surface area contributed by atoms with Crippen LogP contribution in [-0.4, -0.2) is 16.7 Å². The second-order valence-corrected chi connectivity index (χ2v) is 5.57. The molecule has 3 heteroatoms. The number of ether oxygens (including phenoxy) is 1. The van der Waals surface area contributed by atoms with Crippen LogP contribution in [0.1, 0.15) is 45.6 Å². The predicted octanol–water partition coefficient (Wildman–Crippen LogP) is 3.12. The Bertz CT molecular complexity index is 407. The number of hydrogen-bond donors (Lipinski definition) is 1. The topological polar surface area (TPSA) is 42.4 Å². The highest BCUT2D eigenvalue weighted by Crippen LogP contribution is 2.42. The van der Waals surface area contributed by atoms with Crippen LogP contribution in [0, 0.1) is 11.8 Å². The van der Waals surface area contributed by atoms with E-state index in [1.54, 1.807) is 12.4 Å². The molecule has 1 aliphatic carbocycles. The van der Waals surface area contributed by atoms with Crippen molar-refractivity contribution in [2.75, 3.05) is 6.61 Å². The standard InChI is InChI=1S/C15H23NO2/c1-4-18-14-7-13(9-16-10-14)15(17)6-5-11(2)12(3)8-15/h7,9-12,17H,4-6,8H2,1-3H3. The third-order valence-electron chi connectivity index (χ3n) is 4.21. The van der Waals surface area contributed by atoms with Crippen LogP contribution >= 0.6 is 0 Å². The van der Waals surface area contributed by atoms with E-state index in [0.717, 1.165) is 30.6 Å². The van der Waals surface area contributed by atoms with Gasteiger partial charge in [-0.25, -0.2) is 0 Å². The lowest BCUT2D eigenvalue weighted by Gasteiger charge is -2.39. The molecular formula is C15H23NO2. The van der Waals surface area contributed by atoms with Crippen molar-refractivity contribution in [3.63, 3.8) is 0 Å². The average Bonchev–Trinajstić information content (AvgIpc) is 2.35. The van der Waals surface area contributed by atoms with Crippen molar-refractivity contribution in [1.29, 1.82) is 0 Å². The quantitative estimate of drug-likeness (QED) is 0.895. The lowest BCUT2D eigenvalue weighted by Crippen LogP contribution is -2.35. The van der Waals surface area contributed by atoms with Gasteiger partial charge >= 0.3 is 0 Å². The van der Waals surface area contributed by atoms with E-state index in [2.05, 4.69) is 18.8 Å². The van der Waals surface area contributed by atoms with Crippen LogP contribution in [0.15, 0.2) is 18.5 Å². The summed E-state index contributed by atoms with van der Waals surface area (Å²) in [6, 6.07) is 1.93. The first-order valence-electron chi connectivity index (χ1n) is 6.86. The molecule has 1 aromatic rings. The molecule has 1 aliphatic rings. The molecule has 0 bridgehead atoms. The molecule has 0 aromatic carbocycles. The van der Waals surface area contributed by atoms with Gasteiger partial charge in [-0.1, -0.05) is 13.8 Å². The van der Waals surface area contributed by atoms with Crippen molar-refractivity contribution in [1.82, 2.24) is 4.98 Å². The summed E-state index contributed by atoms with van der Waals surface area (Å²) in [5.74, 6) is 1.97. The zero-order valence-electron chi connectivity index (χ0n) is 11.5. The summed E-state index contributed by atoms with van der Waals surface area (Å²) in [7, 11) is 0. The maximum atomic E-state index is 10.8. The Balaban J connectivity index is 2.21. The van der Waals surface area contributed by atoms with Crippen LogP contribution in [-0.2, 0) is 5.60 Å². The van der Waals surface area contributed by atoms with Gasteiger partial charge in [0, 0.05) is 11.8 Å². The van der Waals surface area contributed by atoms with Crippen LogP contribution in [0.4, 0.5) is 0 Å². The molecule has 1 saturated carbocycles. The molecule has 0 spiro atoms. The molecule has 0 amide bonds. The molecule has 1 aromatic heterocycles. The summed E-state index contributed by atoms with van der Waals surface area (Å²) in [5.41, 5.74) is 0.165. The normalized spacial score (nSPS) is 32.2. The van der Waals surface area contributed by atoms with Crippen molar-refractivity contribution < 1.29 is 9.84 Å². The highest BCUT2D eigenvalue weighted by molar-refractivity contribution is 5.28. The summed E-state index contributed by atoms with van der Waals surface area (Å²) in [5, 5.41) is 10.8. The number of rotatable bonds is 3. The third kappa shape index (κ3) is 2.66. The molecule has 2 rings (SSSR count). The molecule has 18 heavy (non-hydrogen) atoms. The zero-order chi connectivity index (χ0) is 13.2. The molecule has 100 valence electrons. The Hall–Kier alpha value is -1.09. The van der Waals surface area contributed by atoms with Gasteiger partial charge in [0.2, 0.25) is 0 Å². The second kappa shape index (κ2) is 5.27. The van der Waals surface area contributed by atoms with Gasteiger partial charge in [-0.15, -0.1) is 0 Å². The smallest absolute Gasteiger partial charge is 0.137 e. The summed E-state index contributed by atoms with van der Waals surface area (Å²) in [4.78, 5) is 4.18. The highest BCUT2D eigenvalue weighted by atomic mass is 16.5. The molecular weight excluding hydrogens is 226 g/mol. The van der Waals surface area contributed by atoms with Gasteiger partial charge in [-0.2, -0.15) is 0 Å². The minimum Gasteiger partial charge on any atom is -0.492 e. The third-order valence-corrected chi connectivity index (χ3v) is 4.21. The second-order valence-electron chi connectivity index (χ2n) is 5.57. The van der Waals surface area contributed by atoms with Crippen molar-refractivity contribution >= 4 is 0 Å². The van der Waals surface area contributed by atoms with Crippen LogP contribution in [0.5, 0.6) is 5.75 Å². The van der Waals surface area contributed by atoms with Gasteiger partial charge in [-0.3, -0.25) is 4.98 Å². The monoisotopic (exact) mass is 249 g/mol. The number of hydrogen-bond acceptors (Lipinski definition) is 3. The minimum absolute atomic E-state index is 0.541. The lowest BCUT2D eigenvalue weighted by atomic mass is 9.71. The number of pyridine rings is 1. The molecule has 1 heterocycles. The van der Waals surface area contributed by atoms with Gasteiger partial charge in [-0.05, 0) is 44.1 Å². The Morgan fingerprint density at radius 3 is 2.83 bits per heavy atom. The van der Waals surface area contributed by atoms with Crippen molar-refractivity contribution in [2.45, 2.75) is 45.6 Å². The van der Waals surface area contributed by atoms with Crippen LogP contribution in [0.25, 0.3) is 0 Å². The van der Waals surface area contributed by atoms with Crippen molar-refractivity contribution in [2.24, 2.45) is 11.8 Å². The van der Waals surface area contributed by atoms with E-state index in [-0.39, 0.29) is 0 Å². The summed E-state index contributed by atoms with van der Waals surface area (Å²) in [6.45, 7) is 7.05. The fourth-order valence-electron chi connectivity index (χ4n) is 2.77. The molecule has 1 fully saturated rings. The Kier molecular flexibility index (Phi) is 3.91. The highest BCUT2D eigenvalue weighted by Gasteiger charge is 2.37. The summed E-state index contributed by atoms with van der Waals surface area (Å²) >= 11 is 0. The molecule has 0 saturated heterocycles. The average molecular weight is 249 g/mol. The van der Waals surface area contributed by atoms with E-state index < -0.39 is 5.60 Å². The van der Waals surface area contributed by atoms with Crippen LogP contribution in [0.2, 0.25) is 0 Å². The lowest BCUT2D eigenvalue weighted by molar-refractivity contribution is -0.0340. The molecule has 1 N–H and O–H groups in total. The fraction of sp³-hybridized carbons (Fsp3) is 0.667. The van der Waals surface area contributed by atoms with E-state index in [1.165, 1.54) is 0 Å². The largest absolute Gasteiger partial charge is 0.492 e. The van der Waals surface area contributed by atoms with E-state index >= 15 is 0 Å². The predicted molar refractivity (Wildman–Crippen MR) is 71.5 cm³/mol. The number of aromatic nitrogens is 1. The SMILES string of the molecule is CCOc1cncc(C2(O)CCC(C)C(C)C2)c1. The Labute approximate surface area is 109 Å². The van der Waals surface area contributed by atoms with Crippen molar-refractivity contribution in [3.8, 4) is 5.75 Å². The maximum Gasteiger partial charge on any atom is 0.137 e. The first-order chi connectivity index (χ1) is 8.55.